The van der Waals surface area contributed by atoms with Gasteiger partial charge in [-0.1, -0.05) is 13.0 Å². The van der Waals surface area contributed by atoms with E-state index >= 15 is 0 Å². The van der Waals surface area contributed by atoms with Crippen LogP contribution in [-0.4, -0.2) is 12.0 Å². The number of fused-ring (bicyclic) bond motifs is 1. The second-order valence-corrected chi connectivity index (χ2v) is 3.52. The second-order valence-electron chi connectivity index (χ2n) is 3.52. The van der Waals surface area contributed by atoms with E-state index in [0.717, 1.165) is 5.56 Å². The molecule has 0 aliphatic carbocycles. The van der Waals surface area contributed by atoms with Crippen molar-refractivity contribution in [1.29, 1.82) is 0 Å². The minimum atomic E-state index is -0.473. The molecule has 0 bridgehead atoms. The van der Waals surface area contributed by atoms with Gasteiger partial charge in [-0.05, 0) is 18.6 Å². The normalized spacial score (nSPS) is 19.6. The molecular weight excluding hydrogens is 181 g/mol. The minimum absolute atomic E-state index is 0.139. The van der Waals surface area contributed by atoms with Gasteiger partial charge in [-0.2, -0.15) is 0 Å². The Kier molecular flexibility index (Phi) is 1.95. The number of benzene rings is 1. The molecule has 2 nitrogen and oxygen atoms in total. The predicted molar refractivity (Wildman–Crippen MR) is 52.8 cm³/mol. The Balaban J connectivity index is 2.73. The smallest absolute Gasteiger partial charge is 0.176 e. The Labute approximate surface area is 81.5 Å². The first kappa shape index (κ1) is 9.06. The minimum Gasteiger partial charge on any atom is -0.293 e. The van der Waals surface area contributed by atoms with E-state index in [9.17, 15) is 9.18 Å². The lowest BCUT2D eigenvalue weighted by molar-refractivity contribution is 0.0958. The van der Waals surface area contributed by atoms with Crippen molar-refractivity contribution in [3.05, 3.63) is 29.1 Å². The maximum Gasteiger partial charge on any atom is 0.176 e. The number of ketones is 1. The van der Waals surface area contributed by atoms with Crippen LogP contribution in [0.4, 0.5) is 10.1 Å². The lowest BCUT2D eigenvalue weighted by atomic mass is 9.94. The van der Waals surface area contributed by atoms with Gasteiger partial charge in [0.1, 0.15) is 5.82 Å². The summed E-state index contributed by atoms with van der Waals surface area (Å²) in [7, 11) is 0. The van der Waals surface area contributed by atoms with Crippen LogP contribution in [0.1, 0.15) is 22.8 Å². The van der Waals surface area contributed by atoms with Gasteiger partial charge in [0.15, 0.2) is 5.78 Å². The number of carbonyl (C=O) groups is 1. The Hall–Kier alpha value is -1.51. The van der Waals surface area contributed by atoms with Crippen molar-refractivity contribution in [2.24, 2.45) is 10.9 Å². The van der Waals surface area contributed by atoms with Crippen molar-refractivity contribution in [2.45, 2.75) is 13.8 Å². The molecule has 3 heteroatoms. The summed E-state index contributed by atoms with van der Waals surface area (Å²) in [5.74, 6) is -0.978. The zero-order chi connectivity index (χ0) is 10.3. The van der Waals surface area contributed by atoms with Gasteiger partial charge in [-0.25, -0.2) is 4.39 Å². The van der Waals surface area contributed by atoms with Gasteiger partial charge in [0.2, 0.25) is 0 Å². The highest BCUT2D eigenvalue weighted by Gasteiger charge is 2.25. The van der Waals surface area contributed by atoms with E-state index in [1.807, 2.05) is 6.92 Å². The predicted octanol–water partition coefficient (Wildman–Crippen LogP) is 2.67. The van der Waals surface area contributed by atoms with Gasteiger partial charge >= 0.3 is 0 Å². The molecule has 0 fully saturated rings. The highest BCUT2D eigenvalue weighted by molar-refractivity contribution is 6.12. The number of aliphatic imine (C=N–C) groups is 1. The summed E-state index contributed by atoms with van der Waals surface area (Å²) in [5, 5.41) is 0. The standard InChI is InChI=1S/C11H10FNO/c1-6-3-4-8(12)9-10(6)13-5-7(2)11(9)14/h3-5,7H,1-2H3. The second kappa shape index (κ2) is 3.01. The fourth-order valence-electron chi connectivity index (χ4n) is 1.55. The van der Waals surface area contributed by atoms with Crippen LogP contribution < -0.4 is 0 Å². The number of nitrogens with zero attached hydrogens (tertiary/aromatic N) is 1. The first-order valence-electron chi connectivity index (χ1n) is 4.48. The van der Waals surface area contributed by atoms with Gasteiger partial charge in [-0.3, -0.25) is 9.79 Å². The molecule has 0 saturated heterocycles. The van der Waals surface area contributed by atoms with Gasteiger partial charge in [0.25, 0.3) is 0 Å². The Morgan fingerprint density at radius 3 is 2.86 bits per heavy atom. The molecule has 1 heterocycles. The van der Waals surface area contributed by atoms with Crippen LogP contribution in [0.2, 0.25) is 0 Å². The molecule has 1 unspecified atom stereocenters. The number of hydrogen-bond acceptors (Lipinski definition) is 2. The van der Waals surface area contributed by atoms with Crippen LogP contribution in [0.3, 0.4) is 0 Å². The molecule has 0 radical (unpaired) electrons. The third-order valence-corrected chi connectivity index (χ3v) is 2.42. The average Bonchev–Trinajstić information content (AvgIpc) is 2.16. The number of hydrogen-bond donors (Lipinski definition) is 0. The summed E-state index contributed by atoms with van der Waals surface area (Å²) >= 11 is 0. The highest BCUT2D eigenvalue weighted by atomic mass is 19.1. The van der Waals surface area contributed by atoms with Crippen molar-refractivity contribution < 1.29 is 9.18 Å². The lowest BCUT2D eigenvalue weighted by Crippen LogP contribution is -2.18. The number of halogens is 1. The van der Waals surface area contributed by atoms with Gasteiger partial charge in [0, 0.05) is 6.21 Å². The first-order valence-corrected chi connectivity index (χ1v) is 4.48. The third-order valence-electron chi connectivity index (χ3n) is 2.42. The summed E-state index contributed by atoms with van der Waals surface area (Å²) in [6.07, 6.45) is 1.57. The van der Waals surface area contributed by atoms with E-state index in [1.165, 1.54) is 6.07 Å². The van der Waals surface area contributed by atoms with E-state index < -0.39 is 5.82 Å². The molecule has 0 spiro atoms. The molecule has 1 aliphatic heterocycles. The fourth-order valence-corrected chi connectivity index (χ4v) is 1.55. The number of carbonyl (C=O) groups excluding carboxylic acids is 1. The summed E-state index contributed by atoms with van der Waals surface area (Å²) in [5.41, 5.74) is 1.45. The Morgan fingerprint density at radius 2 is 2.14 bits per heavy atom. The maximum atomic E-state index is 13.4. The molecule has 1 aromatic carbocycles. The Morgan fingerprint density at radius 1 is 1.43 bits per heavy atom. The molecule has 0 saturated carbocycles. The van der Waals surface area contributed by atoms with Crippen LogP contribution in [-0.2, 0) is 0 Å². The molecule has 0 aromatic heterocycles. The summed E-state index contributed by atoms with van der Waals surface area (Å²) in [6, 6.07) is 2.95. The maximum absolute atomic E-state index is 13.4. The van der Waals surface area contributed by atoms with Gasteiger partial charge < -0.3 is 0 Å². The quantitative estimate of drug-likeness (QED) is 0.619. The molecule has 0 amide bonds. The molecule has 1 aliphatic rings. The number of aryl methyl sites for hydroxylation is 1. The molecular formula is C11H10FNO. The topological polar surface area (TPSA) is 29.4 Å². The van der Waals surface area contributed by atoms with Crippen molar-refractivity contribution in [2.75, 3.05) is 0 Å². The zero-order valence-electron chi connectivity index (χ0n) is 8.04. The van der Waals surface area contributed by atoms with Crippen molar-refractivity contribution in [3.63, 3.8) is 0 Å². The fraction of sp³-hybridized carbons (Fsp3) is 0.273. The van der Waals surface area contributed by atoms with Crippen molar-refractivity contribution >= 4 is 17.7 Å². The van der Waals surface area contributed by atoms with Crippen LogP contribution in [0.25, 0.3) is 0 Å². The van der Waals surface area contributed by atoms with Gasteiger partial charge in [0.05, 0.1) is 17.2 Å². The number of rotatable bonds is 0. The number of Topliss-reactive ketones (excluding diaryl/α,β-unsaturated/α-hetero) is 1. The molecule has 14 heavy (non-hydrogen) atoms. The Bertz CT molecular complexity index is 437. The lowest BCUT2D eigenvalue weighted by Gasteiger charge is -2.15. The first-order chi connectivity index (χ1) is 6.61. The summed E-state index contributed by atoms with van der Waals surface area (Å²) in [6.45, 7) is 3.54. The van der Waals surface area contributed by atoms with Crippen LogP contribution in [0, 0.1) is 18.7 Å². The van der Waals surface area contributed by atoms with E-state index in [-0.39, 0.29) is 17.3 Å². The summed E-state index contributed by atoms with van der Waals surface area (Å²) < 4.78 is 13.4. The van der Waals surface area contributed by atoms with Crippen LogP contribution in [0.5, 0.6) is 0 Å². The highest BCUT2D eigenvalue weighted by Crippen LogP contribution is 2.31. The van der Waals surface area contributed by atoms with E-state index in [2.05, 4.69) is 4.99 Å². The molecule has 72 valence electrons. The summed E-state index contributed by atoms with van der Waals surface area (Å²) in [4.78, 5) is 15.8. The largest absolute Gasteiger partial charge is 0.293 e. The molecule has 1 aromatic rings. The van der Waals surface area contributed by atoms with E-state index in [1.54, 1.807) is 19.2 Å². The SMILES string of the molecule is Cc1ccc(F)c2c1N=CC(C)C2=O. The third kappa shape index (κ3) is 1.16. The van der Waals surface area contributed by atoms with E-state index in [0.29, 0.717) is 5.69 Å². The molecule has 2 rings (SSSR count). The van der Waals surface area contributed by atoms with E-state index in [4.69, 9.17) is 0 Å². The molecule has 1 atom stereocenters. The zero-order valence-corrected chi connectivity index (χ0v) is 8.04. The van der Waals surface area contributed by atoms with Crippen LogP contribution >= 0.6 is 0 Å². The monoisotopic (exact) mass is 191 g/mol. The van der Waals surface area contributed by atoms with Gasteiger partial charge in [-0.15, -0.1) is 0 Å². The van der Waals surface area contributed by atoms with Crippen molar-refractivity contribution in [1.82, 2.24) is 0 Å². The average molecular weight is 191 g/mol. The van der Waals surface area contributed by atoms with Crippen LogP contribution in [0.15, 0.2) is 17.1 Å². The molecule has 0 N–H and O–H groups in total. The van der Waals surface area contributed by atoms with Crippen molar-refractivity contribution in [3.8, 4) is 0 Å².